The minimum atomic E-state index is -3.04. The van der Waals surface area contributed by atoms with Gasteiger partial charge in [-0.3, -0.25) is 0 Å². The van der Waals surface area contributed by atoms with Crippen LogP contribution in [0.2, 0.25) is 0 Å². The molecule has 0 bridgehead atoms. The quantitative estimate of drug-likeness (QED) is 0.555. The van der Waals surface area contributed by atoms with Crippen molar-refractivity contribution in [3.63, 3.8) is 0 Å². The third-order valence-corrected chi connectivity index (χ3v) is 3.37. The fourth-order valence-corrected chi connectivity index (χ4v) is 2.01. The normalized spacial score (nSPS) is 14.4. The molecule has 1 aromatic carbocycles. The lowest BCUT2D eigenvalue weighted by Crippen LogP contribution is -1.97. The predicted molar refractivity (Wildman–Crippen MR) is 56.7 cm³/mol. The summed E-state index contributed by atoms with van der Waals surface area (Å²) in [6.45, 7) is 3.50. The van der Waals surface area contributed by atoms with E-state index in [1.165, 1.54) is 13.2 Å². The second-order valence-corrected chi connectivity index (χ2v) is 4.80. The van der Waals surface area contributed by atoms with Gasteiger partial charge >= 0.3 is 7.60 Å². The van der Waals surface area contributed by atoms with E-state index in [1.807, 2.05) is 18.2 Å². The minimum Gasteiger partial charge on any atom is -0.424 e. The van der Waals surface area contributed by atoms with Gasteiger partial charge in [0.25, 0.3) is 0 Å². The maximum Gasteiger partial charge on any atom is 0.382 e. The molecule has 0 radical (unpaired) electrons. The van der Waals surface area contributed by atoms with E-state index in [2.05, 4.69) is 6.58 Å². The van der Waals surface area contributed by atoms with Gasteiger partial charge in [0.1, 0.15) is 5.75 Å². The highest BCUT2D eigenvalue weighted by Gasteiger charge is 2.21. The molecule has 0 aliphatic heterocycles. The van der Waals surface area contributed by atoms with Crippen LogP contribution in [-0.2, 0) is 9.09 Å². The van der Waals surface area contributed by atoms with Crippen molar-refractivity contribution in [2.75, 3.05) is 13.3 Å². The van der Waals surface area contributed by atoms with Crippen LogP contribution in [0, 0.1) is 0 Å². The fourth-order valence-electron chi connectivity index (χ4n) is 0.949. The van der Waals surface area contributed by atoms with E-state index < -0.39 is 7.60 Å². The number of hydrogen-bond donors (Lipinski definition) is 0. The zero-order valence-electron chi connectivity index (χ0n) is 8.05. The van der Waals surface area contributed by atoms with Crippen LogP contribution in [-0.4, -0.2) is 13.3 Å². The van der Waals surface area contributed by atoms with Crippen molar-refractivity contribution in [2.45, 2.75) is 0 Å². The van der Waals surface area contributed by atoms with Gasteiger partial charge in [0.05, 0.1) is 6.16 Å². The molecule has 0 aliphatic carbocycles. The molecule has 1 unspecified atom stereocenters. The molecule has 3 nitrogen and oxygen atoms in total. The van der Waals surface area contributed by atoms with Crippen molar-refractivity contribution < 1.29 is 13.6 Å². The summed E-state index contributed by atoms with van der Waals surface area (Å²) >= 11 is 0. The van der Waals surface area contributed by atoms with Crippen LogP contribution in [0.3, 0.4) is 0 Å². The van der Waals surface area contributed by atoms with Crippen molar-refractivity contribution >= 4 is 7.60 Å². The van der Waals surface area contributed by atoms with Crippen LogP contribution in [0.5, 0.6) is 5.75 Å². The first-order valence-electron chi connectivity index (χ1n) is 4.20. The fraction of sp³-hybridized carbons (Fsp3) is 0.200. The molecule has 0 fully saturated rings. The van der Waals surface area contributed by atoms with Crippen molar-refractivity contribution in [1.82, 2.24) is 0 Å². The van der Waals surface area contributed by atoms with Gasteiger partial charge in [0.2, 0.25) is 0 Å². The third kappa shape index (κ3) is 3.02. The largest absolute Gasteiger partial charge is 0.424 e. The molecule has 1 rings (SSSR count). The number of rotatable bonds is 5. The number of allylic oxidation sites excluding steroid dienone is 1. The Morgan fingerprint density at radius 3 is 2.57 bits per heavy atom. The Bertz CT molecular complexity index is 334. The van der Waals surface area contributed by atoms with E-state index >= 15 is 0 Å². The second kappa shape index (κ2) is 4.99. The van der Waals surface area contributed by atoms with Gasteiger partial charge in [0.15, 0.2) is 0 Å². The average molecular weight is 212 g/mol. The summed E-state index contributed by atoms with van der Waals surface area (Å²) in [4.78, 5) is 0. The lowest BCUT2D eigenvalue weighted by atomic mass is 10.3. The standard InChI is InChI=1S/C10H13O3P/c1-3-9-14(11,12-2)13-10-7-5-4-6-8-10/h3-8H,1,9H2,2H3. The first kappa shape index (κ1) is 11.0. The van der Waals surface area contributed by atoms with Gasteiger partial charge in [-0.05, 0) is 12.1 Å². The molecule has 0 heterocycles. The lowest BCUT2D eigenvalue weighted by Gasteiger charge is -2.15. The molecule has 0 aliphatic rings. The van der Waals surface area contributed by atoms with Crippen LogP contribution in [0.15, 0.2) is 43.0 Å². The van der Waals surface area contributed by atoms with E-state index in [0.717, 1.165) is 0 Å². The van der Waals surface area contributed by atoms with Crippen LogP contribution in [0.25, 0.3) is 0 Å². The Balaban J connectivity index is 2.75. The smallest absolute Gasteiger partial charge is 0.382 e. The molecule has 0 amide bonds. The summed E-state index contributed by atoms with van der Waals surface area (Å²) in [7, 11) is -1.67. The highest BCUT2D eigenvalue weighted by molar-refractivity contribution is 7.54. The second-order valence-electron chi connectivity index (χ2n) is 2.67. The third-order valence-electron chi connectivity index (χ3n) is 1.62. The van der Waals surface area contributed by atoms with E-state index in [9.17, 15) is 4.57 Å². The van der Waals surface area contributed by atoms with Gasteiger partial charge in [-0.1, -0.05) is 24.3 Å². The van der Waals surface area contributed by atoms with Crippen molar-refractivity contribution in [3.8, 4) is 5.75 Å². The van der Waals surface area contributed by atoms with Crippen LogP contribution in [0.1, 0.15) is 0 Å². The molecule has 1 aromatic rings. The highest BCUT2D eigenvalue weighted by Crippen LogP contribution is 2.47. The summed E-state index contributed by atoms with van der Waals surface area (Å²) < 4.78 is 21.9. The molecule has 0 aromatic heterocycles. The van der Waals surface area contributed by atoms with Crippen LogP contribution < -0.4 is 4.52 Å². The lowest BCUT2D eigenvalue weighted by molar-refractivity contribution is 0.325. The Hall–Kier alpha value is -1.05. The molecular weight excluding hydrogens is 199 g/mol. The van der Waals surface area contributed by atoms with Crippen LogP contribution >= 0.6 is 7.60 Å². The van der Waals surface area contributed by atoms with Crippen molar-refractivity contribution in [2.24, 2.45) is 0 Å². The summed E-state index contributed by atoms with van der Waals surface area (Å²) in [5, 5.41) is 0. The van der Waals surface area contributed by atoms with E-state index in [-0.39, 0.29) is 6.16 Å². The topological polar surface area (TPSA) is 35.5 Å². The predicted octanol–water partition coefficient (Wildman–Crippen LogP) is 3.09. The SMILES string of the molecule is C=CCP(=O)(OC)Oc1ccccc1. The van der Waals surface area contributed by atoms with Gasteiger partial charge in [0, 0.05) is 7.11 Å². The Labute approximate surface area is 83.9 Å². The van der Waals surface area contributed by atoms with Crippen LogP contribution in [0.4, 0.5) is 0 Å². The average Bonchev–Trinajstić information content (AvgIpc) is 2.20. The minimum absolute atomic E-state index is 0.207. The molecule has 0 saturated carbocycles. The summed E-state index contributed by atoms with van der Waals surface area (Å²) in [5.74, 6) is 0.541. The summed E-state index contributed by atoms with van der Waals surface area (Å²) in [6, 6.07) is 8.94. The number of para-hydroxylation sites is 1. The van der Waals surface area contributed by atoms with Gasteiger partial charge in [-0.15, -0.1) is 6.58 Å². The molecular formula is C10H13O3P. The van der Waals surface area contributed by atoms with E-state index in [1.54, 1.807) is 12.1 Å². The Kier molecular flexibility index (Phi) is 3.93. The van der Waals surface area contributed by atoms with Crippen molar-refractivity contribution in [1.29, 1.82) is 0 Å². The maximum atomic E-state index is 11.8. The Morgan fingerprint density at radius 1 is 1.43 bits per heavy atom. The summed E-state index contributed by atoms with van der Waals surface area (Å²) in [6.07, 6.45) is 1.73. The van der Waals surface area contributed by atoms with E-state index in [0.29, 0.717) is 5.75 Å². The zero-order chi connectivity index (χ0) is 10.4. The summed E-state index contributed by atoms with van der Waals surface area (Å²) in [5.41, 5.74) is 0. The zero-order valence-corrected chi connectivity index (χ0v) is 8.94. The molecule has 0 spiro atoms. The van der Waals surface area contributed by atoms with Gasteiger partial charge in [-0.2, -0.15) is 0 Å². The van der Waals surface area contributed by atoms with Gasteiger partial charge in [-0.25, -0.2) is 4.57 Å². The maximum absolute atomic E-state index is 11.8. The van der Waals surface area contributed by atoms with Gasteiger partial charge < -0.3 is 9.05 Å². The molecule has 4 heteroatoms. The van der Waals surface area contributed by atoms with E-state index in [4.69, 9.17) is 9.05 Å². The molecule has 0 N–H and O–H groups in total. The highest BCUT2D eigenvalue weighted by atomic mass is 31.2. The molecule has 76 valence electrons. The van der Waals surface area contributed by atoms with Crippen molar-refractivity contribution in [3.05, 3.63) is 43.0 Å². The monoisotopic (exact) mass is 212 g/mol. The molecule has 14 heavy (non-hydrogen) atoms. The first-order chi connectivity index (χ1) is 6.70. The first-order valence-corrected chi connectivity index (χ1v) is 5.93. The number of hydrogen-bond acceptors (Lipinski definition) is 3. The molecule has 0 saturated heterocycles. The molecule has 1 atom stereocenters. The number of benzene rings is 1. The Morgan fingerprint density at radius 2 is 2.07 bits per heavy atom.